The molecule has 0 heterocycles. The van der Waals surface area contributed by atoms with Crippen LogP contribution in [0.3, 0.4) is 0 Å². The second kappa shape index (κ2) is 11.6. The van der Waals surface area contributed by atoms with Crippen LogP contribution in [0.5, 0.6) is 5.75 Å². The van der Waals surface area contributed by atoms with Crippen LogP contribution < -0.4 is 15.4 Å². The molecule has 0 radical (unpaired) electrons. The summed E-state index contributed by atoms with van der Waals surface area (Å²) in [6.07, 6.45) is 1.46. The minimum absolute atomic E-state index is 0.0729. The normalized spacial score (nSPS) is 11.9. The third kappa shape index (κ3) is 7.40. The van der Waals surface area contributed by atoms with Crippen molar-refractivity contribution in [3.63, 3.8) is 0 Å². The quantitative estimate of drug-likeness (QED) is 0.283. The highest BCUT2D eigenvalue weighted by molar-refractivity contribution is 5.97. The Labute approximate surface area is 160 Å². The molecule has 1 unspecified atom stereocenters. The number of rotatable bonds is 10. The molecule has 1 aromatic rings. The molecule has 0 aromatic heterocycles. The van der Waals surface area contributed by atoms with Gasteiger partial charge in [0.15, 0.2) is 0 Å². The van der Waals surface area contributed by atoms with Crippen molar-refractivity contribution >= 4 is 11.9 Å². The molecular weight excluding hydrogens is 346 g/mol. The van der Waals surface area contributed by atoms with E-state index in [1.807, 2.05) is 45.0 Å². The summed E-state index contributed by atoms with van der Waals surface area (Å²) in [6.45, 7) is 8.53. The predicted molar refractivity (Wildman–Crippen MR) is 102 cm³/mol. The van der Waals surface area contributed by atoms with E-state index in [1.54, 1.807) is 6.92 Å². The summed E-state index contributed by atoms with van der Waals surface area (Å²) in [5.41, 5.74) is 1.82. The van der Waals surface area contributed by atoms with Crippen LogP contribution in [0.4, 0.5) is 0 Å². The van der Waals surface area contributed by atoms with Crippen molar-refractivity contribution in [1.82, 2.24) is 10.6 Å². The number of amides is 1. The molecule has 7 heteroatoms. The zero-order valence-corrected chi connectivity index (χ0v) is 16.3. The molecule has 0 saturated heterocycles. The number of ether oxygens (including phenoxy) is 2. The van der Waals surface area contributed by atoms with Gasteiger partial charge in [0, 0.05) is 18.3 Å². The summed E-state index contributed by atoms with van der Waals surface area (Å²) in [6, 6.07) is 7.28. The Morgan fingerprint density at radius 3 is 2.67 bits per heavy atom. The number of carbonyl (C=O) groups is 2. The number of carbonyl (C=O) groups excluding carboxylic acids is 2. The van der Waals surface area contributed by atoms with Crippen molar-refractivity contribution in [3.05, 3.63) is 41.1 Å². The van der Waals surface area contributed by atoms with Gasteiger partial charge in [-0.2, -0.15) is 5.26 Å². The van der Waals surface area contributed by atoms with Crippen molar-refractivity contribution in [2.24, 2.45) is 0 Å². The Bertz CT molecular complexity index is 722. The highest BCUT2D eigenvalue weighted by Gasteiger charge is 2.17. The molecule has 1 rings (SSSR count). The van der Waals surface area contributed by atoms with Gasteiger partial charge < -0.3 is 20.1 Å². The molecule has 27 heavy (non-hydrogen) atoms. The van der Waals surface area contributed by atoms with Gasteiger partial charge in [-0.15, -0.1) is 0 Å². The van der Waals surface area contributed by atoms with E-state index < -0.39 is 5.91 Å². The molecule has 0 aliphatic heterocycles. The summed E-state index contributed by atoms with van der Waals surface area (Å²) in [4.78, 5) is 23.6. The smallest absolute Gasteiger partial charge is 0.307 e. The fraction of sp³-hybridized carbons (Fsp3) is 0.450. The molecule has 146 valence electrons. The third-order valence-corrected chi connectivity index (χ3v) is 3.67. The first-order valence-electron chi connectivity index (χ1n) is 8.96. The van der Waals surface area contributed by atoms with Crippen LogP contribution in [0.2, 0.25) is 0 Å². The standard InChI is InChI=1S/C20H27N3O4/c1-5-26-18-8-7-14(3)11-17(18)15(4)23-20(25)16(12-21)13-22-10-9-19(24)27-6-2/h7-8,11,13,15,22H,5-6,9-10H2,1-4H3,(H,23,25)/b16-13-. The zero-order chi connectivity index (χ0) is 20.2. The van der Waals surface area contributed by atoms with E-state index in [1.165, 1.54) is 6.20 Å². The summed E-state index contributed by atoms with van der Waals surface area (Å²) in [5, 5.41) is 14.8. The number of nitrogens with one attached hydrogen (secondary N) is 2. The van der Waals surface area contributed by atoms with Gasteiger partial charge in [0.05, 0.1) is 25.7 Å². The molecule has 1 aromatic carbocycles. The largest absolute Gasteiger partial charge is 0.494 e. The van der Waals surface area contributed by atoms with Gasteiger partial charge in [0.25, 0.3) is 5.91 Å². The first-order valence-corrected chi connectivity index (χ1v) is 8.96. The lowest BCUT2D eigenvalue weighted by molar-refractivity contribution is -0.142. The maximum absolute atomic E-state index is 12.4. The molecule has 0 aliphatic rings. The van der Waals surface area contributed by atoms with Gasteiger partial charge in [0.2, 0.25) is 0 Å². The number of hydrogen-bond donors (Lipinski definition) is 2. The average Bonchev–Trinajstić information content (AvgIpc) is 2.63. The van der Waals surface area contributed by atoms with E-state index in [0.29, 0.717) is 19.0 Å². The minimum atomic E-state index is -0.502. The molecule has 1 amide bonds. The summed E-state index contributed by atoms with van der Waals surface area (Å²) in [5.74, 6) is -0.138. The Balaban J connectivity index is 2.72. The topological polar surface area (TPSA) is 100 Å². The van der Waals surface area contributed by atoms with E-state index in [9.17, 15) is 14.9 Å². The van der Waals surface area contributed by atoms with Gasteiger partial charge in [-0.1, -0.05) is 17.7 Å². The van der Waals surface area contributed by atoms with Gasteiger partial charge in [0.1, 0.15) is 17.4 Å². The second-order valence-electron chi connectivity index (χ2n) is 5.85. The average molecular weight is 373 g/mol. The lowest BCUT2D eigenvalue weighted by atomic mass is 10.0. The Hall–Kier alpha value is -3.01. The van der Waals surface area contributed by atoms with Crippen molar-refractivity contribution in [3.8, 4) is 11.8 Å². The SMILES string of the molecule is CCOC(=O)CCN/C=C(/C#N)C(=O)NC(C)c1cc(C)ccc1OCC. The lowest BCUT2D eigenvalue weighted by Crippen LogP contribution is -2.29. The van der Waals surface area contributed by atoms with E-state index in [4.69, 9.17) is 9.47 Å². The molecule has 1 atom stereocenters. The van der Waals surface area contributed by atoms with Crippen molar-refractivity contribution in [2.75, 3.05) is 19.8 Å². The van der Waals surface area contributed by atoms with Crippen LogP contribution in [0, 0.1) is 18.3 Å². The van der Waals surface area contributed by atoms with Crippen molar-refractivity contribution < 1.29 is 19.1 Å². The summed E-state index contributed by atoms with van der Waals surface area (Å²) < 4.78 is 10.4. The number of benzene rings is 1. The maximum atomic E-state index is 12.4. The van der Waals surface area contributed by atoms with Gasteiger partial charge >= 0.3 is 5.97 Å². The van der Waals surface area contributed by atoms with E-state index in [0.717, 1.165) is 11.1 Å². The zero-order valence-electron chi connectivity index (χ0n) is 16.3. The Kier molecular flexibility index (Phi) is 9.45. The highest BCUT2D eigenvalue weighted by Crippen LogP contribution is 2.26. The molecule has 0 aliphatic carbocycles. The molecule has 2 N–H and O–H groups in total. The fourth-order valence-electron chi connectivity index (χ4n) is 2.38. The molecule has 0 saturated carbocycles. The second-order valence-corrected chi connectivity index (χ2v) is 5.85. The van der Waals surface area contributed by atoms with Crippen LogP contribution in [-0.4, -0.2) is 31.6 Å². The summed E-state index contributed by atoms with van der Waals surface area (Å²) >= 11 is 0. The third-order valence-electron chi connectivity index (χ3n) is 3.67. The van der Waals surface area contributed by atoms with E-state index in [2.05, 4.69) is 10.6 Å². The number of nitrogens with zero attached hydrogens (tertiary/aromatic N) is 1. The monoisotopic (exact) mass is 373 g/mol. The van der Waals surface area contributed by atoms with Gasteiger partial charge in [-0.25, -0.2) is 0 Å². The van der Waals surface area contributed by atoms with Crippen LogP contribution in [0.15, 0.2) is 30.0 Å². The minimum Gasteiger partial charge on any atom is -0.494 e. The number of aryl methyl sites for hydroxylation is 1. The Morgan fingerprint density at radius 2 is 2.04 bits per heavy atom. The lowest BCUT2D eigenvalue weighted by Gasteiger charge is -2.18. The molecule has 7 nitrogen and oxygen atoms in total. The van der Waals surface area contributed by atoms with Gasteiger partial charge in [-0.3, -0.25) is 9.59 Å². The van der Waals surface area contributed by atoms with Crippen LogP contribution in [-0.2, 0) is 14.3 Å². The molecule has 0 fully saturated rings. The van der Waals surface area contributed by atoms with Crippen molar-refractivity contribution in [2.45, 2.75) is 40.2 Å². The summed E-state index contributed by atoms with van der Waals surface area (Å²) in [7, 11) is 0. The van der Waals surface area contributed by atoms with E-state index in [-0.39, 0.29) is 30.5 Å². The predicted octanol–water partition coefficient (Wildman–Crippen LogP) is 2.52. The van der Waals surface area contributed by atoms with Crippen LogP contribution >= 0.6 is 0 Å². The number of nitriles is 1. The van der Waals surface area contributed by atoms with Gasteiger partial charge in [-0.05, 0) is 33.8 Å². The van der Waals surface area contributed by atoms with Crippen LogP contribution in [0.1, 0.15) is 44.4 Å². The highest BCUT2D eigenvalue weighted by atomic mass is 16.5. The molecule has 0 bridgehead atoms. The first kappa shape index (κ1) is 22.0. The maximum Gasteiger partial charge on any atom is 0.307 e. The molecular formula is C20H27N3O4. The molecule has 0 spiro atoms. The number of esters is 1. The van der Waals surface area contributed by atoms with Crippen molar-refractivity contribution in [1.29, 1.82) is 5.26 Å². The van der Waals surface area contributed by atoms with E-state index >= 15 is 0 Å². The number of hydrogen-bond acceptors (Lipinski definition) is 6. The fourth-order valence-corrected chi connectivity index (χ4v) is 2.38. The Morgan fingerprint density at radius 1 is 1.30 bits per heavy atom. The first-order chi connectivity index (χ1) is 12.9. The van der Waals surface area contributed by atoms with Crippen LogP contribution in [0.25, 0.3) is 0 Å².